The number of carbonyl (C=O) groups excluding carboxylic acids is 1. The summed E-state index contributed by atoms with van der Waals surface area (Å²) < 4.78 is 16.5. The Hall–Kier alpha value is -1.54. The van der Waals surface area contributed by atoms with Crippen LogP contribution in [0.2, 0.25) is 0 Å². The molecule has 2 N–H and O–H groups in total. The average molecular weight is 370 g/mol. The quantitative estimate of drug-likeness (QED) is 0.561. The fraction of sp³-hybridized carbons (Fsp3) is 0.889. The molecule has 0 atom stereocenters. The summed E-state index contributed by atoms with van der Waals surface area (Å²) in [5.41, 5.74) is -0.715. The van der Waals surface area contributed by atoms with Crippen molar-refractivity contribution in [1.29, 1.82) is 0 Å². The van der Waals surface area contributed by atoms with Crippen molar-refractivity contribution in [1.82, 2.24) is 15.5 Å². The van der Waals surface area contributed by atoms with Crippen LogP contribution in [-0.4, -0.2) is 80.7 Å². The summed E-state index contributed by atoms with van der Waals surface area (Å²) in [6.07, 6.45) is 1.43. The number of nitrogens with zero attached hydrogens (tertiary/aromatic N) is 2. The molecule has 0 aromatic carbocycles. The molecule has 2 fully saturated rings. The van der Waals surface area contributed by atoms with E-state index in [-0.39, 0.29) is 17.7 Å². The van der Waals surface area contributed by atoms with Gasteiger partial charge < -0.3 is 29.7 Å². The number of likely N-dealkylation sites (tertiary alicyclic amines) is 1. The fourth-order valence-corrected chi connectivity index (χ4v) is 2.95. The Morgan fingerprint density at radius 2 is 1.96 bits per heavy atom. The van der Waals surface area contributed by atoms with E-state index < -0.39 is 5.60 Å². The Morgan fingerprint density at radius 3 is 2.50 bits per heavy atom. The summed E-state index contributed by atoms with van der Waals surface area (Å²) in [5.74, 6) is 0.754. The highest BCUT2D eigenvalue weighted by Crippen LogP contribution is 2.24. The molecule has 150 valence electrons. The predicted octanol–water partition coefficient (Wildman–Crippen LogP) is 1.36. The van der Waals surface area contributed by atoms with Gasteiger partial charge in [0, 0.05) is 52.8 Å². The number of hydrogen-bond acceptors (Lipinski definition) is 5. The van der Waals surface area contributed by atoms with Crippen molar-refractivity contribution in [2.24, 2.45) is 4.99 Å². The first kappa shape index (κ1) is 20.8. The van der Waals surface area contributed by atoms with Crippen LogP contribution in [0.4, 0.5) is 4.79 Å². The van der Waals surface area contributed by atoms with E-state index in [4.69, 9.17) is 19.2 Å². The molecular weight excluding hydrogens is 336 g/mol. The van der Waals surface area contributed by atoms with Gasteiger partial charge in [-0.2, -0.15) is 0 Å². The van der Waals surface area contributed by atoms with Gasteiger partial charge in [-0.05, 0) is 27.7 Å². The van der Waals surface area contributed by atoms with E-state index in [2.05, 4.69) is 10.6 Å². The van der Waals surface area contributed by atoms with Crippen LogP contribution in [-0.2, 0) is 14.2 Å². The van der Waals surface area contributed by atoms with Crippen LogP contribution in [0.15, 0.2) is 4.99 Å². The van der Waals surface area contributed by atoms with E-state index >= 15 is 0 Å². The van der Waals surface area contributed by atoms with E-state index in [1.165, 1.54) is 0 Å². The molecule has 2 rings (SSSR count). The minimum absolute atomic E-state index is 0.175. The van der Waals surface area contributed by atoms with Crippen molar-refractivity contribution >= 4 is 12.1 Å². The van der Waals surface area contributed by atoms with Crippen LogP contribution >= 0.6 is 0 Å². The van der Waals surface area contributed by atoms with E-state index in [9.17, 15) is 4.79 Å². The van der Waals surface area contributed by atoms with E-state index in [1.807, 2.05) is 27.7 Å². The maximum atomic E-state index is 12.0. The molecule has 1 amide bonds. The van der Waals surface area contributed by atoms with Gasteiger partial charge in [-0.25, -0.2) is 4.79 Å². The van der Waals surface area contributed by atoms with Gasteiger partial charge in [0.15, 0.2) is 5.96 Å². The van der Waals surface area contributed by atoms with Gasteiger partial charge in [-0.1, -0.05) is 0 Å². The highest BCUT2D eigenvalue weighted by Gasteiger charge is 2.35. The Kier molecular flexibility index (Phi) is 7.11. The molecule has 2 heterocycles. The topological polar surface area (TPSA) is 84.4 Å². The number of hydrogen-bond donors (Lipinski definition) is 2. The van der Waals surface area contributed by atoms with Gasteiger partial charge in [0.05, 0.1) is 18.2 Å². The van der Waals surface area contributed by atoms with Crippen LogP contribution < -0.4 is 10.6 Å². The third-order valence-corrected chi connectivity index (χ3v) is 4.58. The molecule has 8 nitrogen and oxygen atoms in total. The van der Waals surface area contributed by atoms with E-state index in [0.29, 0.717) is 32.8 Å². The smallest absolute Gasteiger partial charge is 0.410 e. The summed E-state index contributed by atoms with van der Waals surface area (Å²) in [7, 11) is 1.74. The molecule has 0 spiro atoms. The Morgan fingerprint density at radius 1 is 1.31 bits per heavy atom. The third-order valence-electron chi connectivity index (χ3n) is 4.58. The summed E-state index contributed by atoms with van der Waals surface area (Å²) in [6.45, 7) is 11.7. The maximum Gasteiger partial charge on any atom is 0.410 e. The molecule has 0 aromatic heterocycles. The molecule has 26 heavy (non-hydrogen) atoms. The zero-order chi connectivity index (χ0) is 19.2. The Labute approximate surface area is 156 Å². The second-order valence-corrected chi connectivity index (χ2v) is 7.92. The van der Waals surface area contributed by atoms with Gasteiger partial charge in [0.25, 0.3) is 0 Å². The molecule has 8 heteroatoms. The van der Waals surface area contributed by atoms with Gasteiger partial charge in [0.2, 0.25) is 0 Å². The lowest BCUT2D eigenvalue weighted by atomic mass is 9.94. The number of aliphatic imine (C=N–C) groups is 1. The van der Waals surface area contributed by atoms with Crippen molar-refractivity contribution in [2.75, 3.05) is 46.5 Å². The number of nitrogens with one attached hydrogen (secondary N) is 2. The zero-order valence-electron chi connectivity index (χ0n) is 16.8. The lowest BCUT2D eigenvalue weighted by molar-refractivity contribution is -0.0829. The van der Waals surface area contributed by atoms with Gasteiger partial charge in [-0.15, -0.1) is 0 Å². The monoisotopic (exact) mass is 370 g/mol. The molecule has 2 aliphatic rings. The molecule has 0 aliphatic carbocycles. The molecule has 0 unspecified atom stereocenters. The van der Waals surface area contributed by atoms with Crippen LogP contribution in [0.5, 0.6) is 0 Å². The maximum absolute atomic E-state index is 12.0. The van der Waals surface area contributed by atoms with Crippen molar-refractivity contribution in [3.05, 3.63) is 0 Å². The number of methoxy groups -OCH3 is 1. The van der Waals surface area contributed by atoms with Crippen LogP contribution in [0.1, 0.15) is 40.5 Å². The Bertz CT molecular complexity index is 492. The van der Waals surface area contributed by atoms with Crippen molar-refractivity contribution in [2.45, 2.75) is 57.8 Å². The second-order valence-electron chi connectivity index (χ2n) is 7.92. The third kappa shape index (κ3) is 6.02. The number of amides is 1. The predicted molar refractivity (Wildman–Crippen MR) is 101 cm³/mol. The number of carbonyl (C=O) groups is 1. The molecule has 2 saturated heterocycles. The van der Waals surface area contributed by atoms with Gasteiger partial charge in [0.1, 0.15) is 5.60 Å². The summed E-state index contributed by atoms with van der Waals surface area (Å²) in [5, 5.41) is 6.65. The second kappa shape index (κ2) is 8.90. The fourth-order valence-electron chi connectivity index (χ4n) is 2.95. The average Bonchev–Trinajstić information content (AvgIpc) is 2.54. The first-order chi connectivity index (χ1) is 12.3. The highest BCUT2D eigenvalue weighted by atomic mass is 16.6. The Balaban J connectivity index is 1.84. The minimum Gasteiger partial charge on any atom is -0.444 e. The summed E-state index contributed by atoms with van der Waals surface area (Å²) in [4.78, 5) is 18.4. The largest absolute Gasteiger partial charge is 0.444 e. The standard InChI is InChI=1S/C18H34N4O4/c1-6-19-15(20-13-18(24-5)7-9-25-10-8-18)21-14-11-22(12-14)16(23)26-17(2,3)4/h14H,6-13H2,1-5H3,(H2,19,20,21). The van der Waals surface area contributed by atoms with Gasteiger partial charge in [-0.3, -0.25) is 4.99 Å². The van der Waals surface area contributed by atoms with Crippen LogP contribution in [0.3, 0.4) is 0 Å². The van der Waals surface area contributed by atoms with Crippen molar-refractivity contribution < 1.29 is 19.0 Å². The SMILES string of the molecule is CCNC(=NCC1(OC)CCOCC1)NC1CN(C(=O)OC(C)(C)C)C1. The highest BCUT2D eigenvalue weighted by molar-refractivity contribution is 5.80. The molecule has 0 aromatic rings. The van der Waals surface area contributed by atoms with Crippen molar-refractivity contribution in [3.8, 4) is 0 Å². The van der Waals surface area contributed by atoms with Gasteiger partial charge >= 0.3 is 6.09 Å². The van der Waals surface area contributed by atoms with Crippen LogP contribution in [0, 0.1) is 0 Å². The number of guanidine groups is 1. The molecular formula is C18H34N4O4. The normalized spacial score (nSPS) is 21.1. The lowest BCUT2D eigenvalue weighted by Gasteiger charge is -2.40. The lowest BCUT2D eigenvalue weighted by Crippen LogP contribution is -2.63. The number of ether oxygens (including phenoxy) is 3. The molecule has 0 saturated carbocycles. The summed E-state index contributed by atoms with van der Waals surface area (Å²) >= 11 is 0. The molecule has 2 aliphatic heterocycles. The zero-order valence-corrected chi connectivity index (χ0v) is 16.8. The van der Waals surface area contributed by atoms with E-state index in [0.717, 1.165) is 25.3 Å². The minimum atomic E-state index is -0.468. The molecule has 0 radical (unpaired) electrons. The molecule has 0 bridgehead atoms. The first-order valence-corrected chi connectivity index (χ1v) is 9.42. The summed E-state index contributed by atoms with van der Waals surface area (Å²) in [6, 6.07) is 0.175. The first-order valence-electron chi connectivity index (χ1n) is 9.42. The number of rotatable bonds is 5. The van der Waals surface area contributed by atoms with E-state index in [1.54, 1.807) is 12.0 Å². The van der Waals surface area contributed by atoms with Crippen LogP contribution in [0.25, 0.3) is 0 Å². The van der Waals surface area contributed by atoms with Crippen molar-refractivity contribution in [3.63, 3.8) is 0 Å².